The molecule has 8 rings (SSSR count). The van der Waals surface area contributed by atoms with E-state index in [2.05, 4.69) is 91.4 Å². The third-order valence-corrected chi connectivity index (χ3v) is 10.3. The maximum absolute atomic E-state index is 5.25. The topological polar surface area (TPSA) is 123 Å². The van der Waals surface area contributed by atoms with E-state index >= 15 is 0 Å². The first kappa shape index (κ1) is 30.7. The highest BCUT2D eigenvalue weighted by Gasteiger charge is 2.37. The molecule has 0 amide bonds. The highest BCUT2D eigenvalue weighted by atomic mass is 15.5. The molecule has 5 aliphatic heterocycles. The zero-order valence-electron chi connectivity index (χ0n) is 29.6. The van der Waals surface area contributed by atoms with Crippen molar-refractivity contribution in [3.05, 3.63) is 68.4 Å². The van der Waals surface area contributed by atoms with Crippen molar-refractivity contribution >= 4 is 46.9 Å². The van der Waals surface area contributed by atoms with Crippen LogP contribution in [0.25, 0.3) is 0 Å². The Kier molecular flexibility index (Phi) is 6.69. The zero-order valence-corrected chi connectivity index (χ0v) is 29.6. The summed E-state index contributed by atoms with van der Waals surface area (Å²) in [6.45, 7) is 20.4. The molecule has 0 atom stereocenters. The number of guanidine groups is 2. The molecular weight excluding hydrogens is 596 g/mol. The number of hydrogen-bond donors (Lipinski definition) is 2. The number of hydrogen-bond acceptors (Lipinski definition) is 10. The molecule has 5 heterocycles. The van der Waals surface area contributed by atoms with Crippen LogP contribution >= 0.6 is 0 Å². The van der Waals surface area contributed by atoms with Gasteiger partial charge in [-0.25, -0.2) is 25.0 Å². The summed E-state index contributed by atoms with van der Waals surface area (Å²) < 4.78 is 0. The molecule has 48 heavy (non-hydrogen) atoms. The van der Waals surface area contributed by atoms with E-state index in [9.17, 15) is 0 Å². The predicted molar refractivity (Wildman–Crippen MR) is 197 cm³/mol. The van der Waals surface area contributed by atoms with Crippen molar-refractivity contribution in [2.75, 3.05) is 0 Å². The number of nitrogens with one attached hydrogen (secondary N) is 2. The second-order valence-corrected chi connectivity index (χ2v) is 16.7. The number of hydrazine groups is 1. The molecule has 8 aliphatic rings. The van der Waals surface area contributed by atoms with Gasteiger partial charge in [0, 0.05) is 33.4 Å². The van der Waals surface area contributed by atoms with Crippen LogP contribution in [0.2, 0.25) is 0 Å². The number of rotatable bonds is 0. The minimum atomic E-state index is 0.0356. The minimum Gasteiger partial charge on any atom is -0.265 e. The lowest BCUT2D eigenvalue weighted by molar-refractivity contribution is 0.488. The van der Waals surface area contributed by atoms with Crippen LogP contribution in [0.5, 0.6) is 0 Å². The smallest absolute Gasteiger partial charge is 0.247 e. The van der Waals surface area contributed by atoms with Crippen molar-refractivity contribution in [2.24, 2.45) is 56.2 Å². The van der Waals surface area contributed by atoms with E-state index in [1.807, 2.05) is 0 Å². The highest BCUT2D eigenvalue weighted by Crippen LogP contribution is 2.43. The lowest BCUT2D eigenvalue weighted by atomic mass is 9.78. The van der Waals surface area contributed by atoms with Gasteiger partial charge in [0.1, 0.15) is 0 Å². The standard InChI is InChI=1S/C38H44N10/c1-36(2,3)19-10-13-22-25(16-19)31-39-28(22)40-32-26-17-20(37(4,5)6)12-15-24(26)30(43-32)44-34-46-35(48-47-34)45-33-27-18-21(38(7,8)9)11-14-23(27)29(41-31)42-33/h10-12H,13-18H2,1-9H3,(H2,39,40,41,42,43,44,45,46,47,48). The van der Waals surface area contributed by atoms with Crippen LogP contribution in [0.1, 0.15) is 101 Å². The largest absolute Gasteiger partial charge is 0.265 e. The van der Waals surface area contributed by atoms with Gasteiger partial charge in [-0.3, -0.25) is 10.9 Å². The fraction of sp³-hybridized carbons (Fsp3) is 0.474. The summed E-state index contributed by atoms with van der Waals surface area (Å²) in [5.41, 5.74) is 17.1. The van der Waals surface area contributed by atoms with E-state index in [-0.39, 0.29) is 16.2 Å². The summed E-state index contributed by atoms with van der Waals surface area (Å²) in [4.78, 5) is 40.3. The second-order valence-electron chi connectivity index (χ2n) is 16.7. The molecular formula is C38H44N10. The Labute approximate surface area is 282 Å². The molecule has 2 N–H and O–H groups in total. The Morgan fingerprint density at radius 3 is 1.02 bits per heavy atom. The van der Waals surface area contributed by atoms with Gasteiger partial charge in [-0.2, -0.15) is 15.0 Å². The zero-order chi connectivity index (χ0) is 33.7. The van der Waals surface area contributed by atoms with E-state index in [1.54, 1.807) is 0 Å². The molecule has 0 aromatic carbocycles. The van der Waals surface area contributed by atoms with Crippen LogP contribution in [0.15, 0.2) is 108 Å². The predicted octanol–water partition coefficient (Wildman–Crippen LogP) is 7.44. The Hall–Kier alpha value is -4.60. The first-order valence-electron chi connectivity index (χ1n) is 17.1. The molecule has 0 saturated carbocycles. The number of allylic oxidation sites excluding steroid dienone is 6. The van der Waals surface area contributed by atoms with Crippen molar-refractivity contribution < 1.29 is 0 Å². The van der Waals surface area contributed by atoms with Gasteiger partial charge in [-0.1, -0.05) is 97.3 Å². The Morgan fingerprint density at radius 2 is 0.667 bits per heavy atom. The molecule has 10 nitrogen and oxygen atoms in total. The molecule has 0 aromatic rings. The van der Waals surface area contributed by atoms with Crippen LogP contribution < -0.4 is 10.9 Å². The van der Waals surface area contributed by atoms with Gasteiger partial charge in [-0.05, 0) is 54.8 Å². The maximum atomic E-state index is 5.25. The van der Waals surface area contributed by atoms with Crippen molar-refractivity contribution in [3.63, 3.8) is 0 Å². The lowest BCUT2D eigenvalue weighted by Gasteiger charge is -2.27. The van der Waals surface area contributed by atoms with Gasteiger partial charge in [0.25, 0.3) is 0 Å². The SMILES string of the molecule is CC(C)(C)C1=CCC2=C(C1)C1=NC3=NC(=NC4=NC(=NC5=NC(=NC2=N1)C1=C5CC=C(C(C)(C)C)C1)C1=C4CC=C(C(C)(C)C)C1)NN3. The van der Waals surface area contributed by atoms with Gasteiger partial charge in [0.15, 0.2) is 35.0 Å². The van der Waals surface area contributed by atoms with Crippen molar-refractivity contribution in [2.45, 2.75) is 101 Å². The monoisotopic (exact) mass is 640 g/mol. The molecule has 0 aromatic heterocycles. The maximum Gasteiger partial charge on any atom is 0.247 e. The second kappa shape index (κ2) is 10.4. The fourth-order valence-corrected chi connectivity index (χ4v) is 7.22. The number of aliphatic imine (C=N–C) groups is 8. The van der Waals surface area contributed by atoms with Gasteiger partial charge in [0.2, 0.25) is 11.9 Å². The normalized spacial score (nSPS) is 23.6. The third kappa shape index (κ3) is 5.25. The summed E-state index contributed by atoms with van der Waals surface area (Å²) >= 11 is 0. The van der Waals surface area contributed by atoms with E-state index in [4.69, 9.17) is 39.9 Å². The van der Waals surface area contributed by atoms with Crippen LogP contribution in [0.4, 0.5) is 0 Å². The molecule has 3 aliphatic carbocycles. The molecule has 0 fully saturated rings. The molecule has 10 heteroatoms. The molecule has 0 radical (unpaired) electrons. The number of amidine groups is 6. The molecule has 0 saturated heterocycles. The van der Waals surface area contributed by atoms with Crippen LogP contribution in [0, 0.1) is 16.2 Å². The number of fused-ring (bicyclic) bond motifs is 10. The summed E-state index contributed by atoms with van der Waals surface area (Å²) in [6, 6.07) is 0. The lowest BCUT2D eigenvalue weighted by Crippen LogP contribution is -2.32. The first-order chi connectivity index (χ1) is 22.6. The van der Waals surface area contributed by atoms with E-state index < -0.39 is 0 Å². The average Bonchev–Trinajstić information content (AvgIpc) is 3.77. The van der Waals surface area contributed by atoms with E-state index in [1.165, 1.54) is 16.7 Å². The van der Waals surface area contributed by atoms with E-state index in [0.717, 1.165) is 72.0 Å². The van der Waals surface area contributed by atoms with E-state index in [0.29, 0.717) is 46.9 Å². The van der Waals surface area contributed by atoms with Gasteiger partial charge in [-0.15, -0.1) is 0 Å². The van der Waals surface area contributed by atoms with Gasteiger partial charge in [0.05, 0.1) is 0 Å². The van der Waals surface area contributed by atoms with Gasteiger partial charge >= 0.3 is 0 Å². The molecule has 246 valence electrons. The molecule has 8 bridgehead atoms. The van der Waals surface area contributed by atoms with Gasteiger partial charge < -0.3 is 0 Å². The fourth-order valence-electron chi connectivity index (χ4n) is 7.22. The summed E-state index contributed by atoms with van der Waals surface area (Å²) in [6.07, 6.45) is 11.6. The Morgan fingerprint density at radius 1 is 0.375 bits per heavy atom. The Balaban J connectivity index is 1.30. The van der Waals surface area contributed by atoms with Crippen LogP contribution in [0.3, 0.4) is 0 Å². The first-order valence-corrected chi connectivity index (χ1v) is 17.1. The van der Waals surface area contributed by atoms with Crippen LogP contribution in [-0.4, -0.2) is 46.9 Å². The summed E-state index contributed by atoms with van der Waals surface area (Å²) in [5, 5.41) is 0. The van der Waals surface area contributed by atoms with Crippen molar-refractivity contribution in [3.8, 4) is 0 Å². The highest BCUT2D eigenvalue weighted by molar-refractivity contribution is 6.32. The molecule has 0 unspecified atom stereocenters. The minimum absolute atomic E-state index is 0.0356. The third-order valence-electron chi connectivity index (χ3n) is 10.3. The average molecular weight is 641 g/mol. The Bertz CT molecular complexity index is 2030. The van der Waals surface area contributed by atoms with Crippen molar-refractivity contribution in [1.82, 2.24) is 10.9 Å². The summed E-state index contributed by atoms with van der Waals surface area (Å²) in [5.74, 6) is 4.80. The number of nitrogens with zero attached hydrogens (tertiary/aromatic N) is 8. The quantitative estimate of drug-likeness (QED) is 0.267. The van der Waals surface area contributed by atoms with Crippen molar-refractivity contribution in [1.29, 1.82) is 0 Å². The molecule has 0 spiro atoms. The van der Waals surface area contributed by atoms with Crippen LogP contribution in [-0.2, 0) is 0 Å². The summed E-state index contributed by atoms with van der Waals surface area (Å²) in [7, 11) is 0.